The Bertz CT molecular complexity index is 341. The molecule has 1 N–H and O–H groups in total. The van der Waals surface area contributed by atoms with Crippen molar-refractivity contribution in [2.24, 2.45) is 5.92 Å². The Kier molecular flexibility index (Phi) is 5.20. The summed E-state index contributed by atoms with van der Waals surface area (Å²) in [5.74, 6) is 0.726. The first-order valence-electron chi connectivity index (χ1n) is 7.22. The quantitative estimate of drug-likeness (QED) is 0.800. The summed E-state index contributed by atoms with van der Waals surface area (Å²) >= 11 is 0. The lowest BCUT2D eigenvalue weighted by Crippen LogP contribution is -2.31. The molecule has 18 heavy (non-hydrogen) atoms. The molecule has 0 aromatic carbocycles. The Morgan fingerprint density at radius 1 is 1.39 bits per heavy atom. The number of nitrogens with zero attached hydrogens (tertiary/aromatic N) is 3. The molecule has 0 aliphatic carbocycles. The van der Waals surface area contributed by atoms with Gasteiger partial charge in [0.15, 0.2) is 0 Å². The monoisotopic (exact) mass is 250 g/mol. The fraction of sp³-hybridized carbons (Fsp3) is 0.786. The maximum atomic E-state index is 4.28. The van der Waals surface area contributed by atoms with E-state index in [4.69, 9.17) is 0 Å². The average molecular weight is 250 g/mol. The minimum Gasteiger partial charge on any atom is -0.312 e. The summed E-state index contributed by atoms with van der Waals surface area (Å²) in [6.45, 7) is 11.3. The van der Waals surface area contributed by atoms with E-state index in [9.17, 15) is 0 Å². The molecule has 0 saturated carbocycles. The molecule has 1 aromatic rings. The number of aromatic nitrogens is 2. The summed E-state index contributed by atoms with van der Waals surface area (Å²) in [6.07, 6.45) is 6.85. The zero-order valence-electron chi connectivity index (χ0n) is 11.7. The maximum absolute atomic E-state index is 4.28. The van der Waals surface area contributed by atoms with Crippen molar-refractivity contribution < 1.29 is 0 Å². The van der Waals surface area contributed by atoms with Gasteiger partial charge in [0, 0.05) is 31.4 Å². The van der Waals surface area contributed by atoms with Crippen molar-refractivity contribution in [1.82, 2.24) is 20.0 Å². The average Bonchev–Trinajstić information content (AvgIpc) is 3.00. The van der Waals surface area contributed by atoms with Gasteiger partial charge in [-0.1, -0.05) is 6.92 Å². The lowest BCUT2D eigenvalue weighted by atomic mass is 10.1. The van der Waals surface area contributed by atoms with E-state index < -0.39 is 0 Å². The molecule has 1 saturated heterocycles. The minimum absolute atomic E-state index is 0.726. The first-order chi connectivity index (χ1) is 8.78. The summed E-state index contributed by atoms with van der Waals surface area (Å²) in [4.78, 5) is 2.58. The topological polar surface area (TPSA) is 33.1 Å². The SMILES string of the molecule is CCn1cc(CNCC(C)CN2CCCC2)cn1. The molecule has 1 atom stereocenters. The van der Waals surface area contributed by atoms with E-state index in [0.29, 0.717) is 0 Å². The maximum Gasteiger partial charge on any atom is 0.0534 e. The minimum atomic E-state index is 0.726. The highest BCUT2D eigenvalue weighted by Crippen LogP contribution is 2.09. The molecular weight excluding hydrogens is 224 g/mol. The van der Waals surface area contributed by atoms with Gasteiger partial charge >= 0.3 is 0 Å². The van der Waals surface area contributed by atoms with E-state index in [2.05, 4.69) is 35.4 Å². The fourth-order valence-electron chi connectivity index (χ4n) is 2.60. The highest BCUT2D eigenvalue weighted by molar-refractivity contribution is 5.03. The third kappa shape index (κ3) is 4.10. The Morgan fingerprint density at radius 2 is 2.17 bits per heavy atom. The molecule has 1 aliphatic heterocycles. The van der Waals surface area contributed by atoms with Gasteiger partial charge in [-0.15, -0.1) is 0 Å². The van der Waals surface area contributed by atoms with Gasteiger partial charge in [-0.25, -0.2) is 0 Å². The van der Waals surface area contributed by atoms with Crippen LogP contribution in [0.5, 0.6) is 0 Å². The number of rotatable bonds is 7. The van der Waals surface area contributed by atoms with Gasteiger partial charge in [0.05, 0.1) is 6.20 Å². The van der Waals surface area contributed by atoms with E-state index in [0.717, 1.165) is 25.6 Å². The molecule has 1 unspecified atom stereocenters. The smallest absolute Gasteiger partial charge is 0.0534 e. The number of likely N-dealkylation sites (tertiary alicyclic amines) is 1. The van der Waals surface area contributed by atoms with Crippen molar-refractivity contribution in [3.8, 4) is 0 Å². The van der Waals surface area contributed by atoms with Crippen LogP contribution in [0, 0.1) is 5.92 Å². The van der Waals surface area contributed by atoms with Gasteiger partial charge in [-0.2, -0.15) is 5.10 Å². The van der Waals surface area contributed by atoms with Crippen LogP contribution < -0.4 is 5.32 Å². The van der Waals surface area contributed by atoms with Crippen LogP contribution in [0.25, 0.3) is 0 Å². The zero-order valence-corrected chi connectivity index (χ0v) is 11.7. The van der Waals surface area contributed by atoms with Gasteiger partial charge in [0.25, 0.3) is 0 Å². The van der Waals surface area contributed by atoms with Crippen LogP contribution in [0.3, 0.4) is 0 Å². The Hall–Kier alpha value is -0.870. The van der Waals surface area contributed by atoms with E-state index in [1.54, 1.807) is 0 Å². The van der Waals surface area contributed by atoms with E-state index >= 15 is 0 Å². The zero-order chi connectivity index (χ0) is 12.8. The third-order valence-corrected chi connectivity index (χ3v) is 3.60. The summed E-state index contributed by atoms with van der Waals surface area (Å²) in [5, 5.41) is 7.82. The largest absolute Gasteiger partial charge is 0.312 e. The van der Waals surface area contributed by atoms with Crippen LogP contribution in [0.15, 0.2) is 12.4 Å². The molecular formula is C14H26N4. The Balaban J connectivity index is 1.61. The van der Waals surface area contributed by atoms with Gasteiger partial charge in [0.2, 0.25) is 0 Å². The molecule has 0 radical (unpaired) electrons. The summed E-state index contributed by atoms with van der Waals surface area (Å²) in [5.41, 5.74) is 1.28. The second-order valence-corrected chi connectivity index (χ2v) is 5.45. The van der Waals surface area contributed by atoms with E-state index in [-0.39, 0.29) is 0 Å². The molecule has 2 heterocycles. The molecule has 4 nitrogen and oxygen atoms in total. The van der Waals surface area contributed by atoms with Crippen LogP contribution in [0.1, 0.15) is 32.3 Å². The van der Waals surface area contributed by atoms with Crippen molar-refractivity contribution in [3.05, 3.63) is 18.0 Å². The molecule has 0 amide bonds. The van der Waals surface area contributed by atoms with Crippen molar-refractivity contribution >= 4 is 0 Å². The number of aryl methyl sites for hydroxylation is 1. The number of nitrogens with one attached hydrogen (secondary N) is 1. The molecule has 2 rings (SSSR count). The van der Waals surface area contributed by atoms with Crippen molar-refractivity contribution in [2.45, 2.75) is 39.8 Å². The molecule has 1 aliphatic rings. The third-order valence-electron chi connectivity index (χ3n) is 3.60. The highest BCUT2D eigenvalue weighted by Gasteiger charge is 2.14. The summed E-state index contributed by atoms with van der Waals surface area (Å²) in [7, 11) is 0. The second-order valence-electron chi connectivity index (χ2n) is 5.45. The lowest BCUT2D eigenvalue weighted by molar-refractivity contribution is 0.282. The first kappa shape index (κ1) is 13.6. The first-order valence-corrected chi connectivity index (χ1v) is 7.22. The lowest BCUT2D eigenvalue weighted by Gasteiger charge is -2.20. The Labute approximate surface area is 110 Å². The van der Waals surface area contributed by atoms with Crippen molar-refractivity contribution in [1.29, 1.82) is 0 Å². The van der Waals surface area contributed by atoms with Gasteiger partial charge < -0.3 is 10.2 Å². The predicted molar refractivity (Wildman–Crippen MR) is 74.4 cm³/mol. The van der Waals surface area contributed by atoms with E-state index in [1.165, 1.54) is 38.0 Å². The fourth-order valence-corrected chi connectivity index (χ4v) is 2.60. The van der Waals surface area contributed by atoms with Crippen LogP contribution in [0.2, 0.25) is 0 Å². The normalized spacial score (nSPS) is 18.3. The number of hydrogen-bond acceptors (Lipinski definition) is 3. The van der Waals surface area contributed by atoms with E-state index in [1.807, 2.05) is 10.9 Å². The molecule has 1 fully saturated rings. The Morgan fingerprint density at radius 3 is 2.83 bits per heavy atom. The van der Waals surface area contributed by atoms with Crippen LogP contribution in [0.4, 0.5) is 0 Å². The summed E-state index contributed by atoms with van der Waals surface area (Å²) in [6, 6.07) is 0. The molecule has 1 aromatic heterocycles. The standard InChI is InChI=1S/C14H26N4/c1-3-18-12-14(10-16-18)9-15-8-13(2)11-17-6-4-5-7-17/h10,12-13,15H,3-9,11H2,1-2H3. The van der Waals surface area contributed by atoms with Gasteiger partial charge in [-0.05, 0) is 45.3 Å². The second kappa shape index (κ2) is 6.90. The molecule has 0 bridgehead atoms. The van der Waals surface area contributed by atoms with Gasteiger partial charge in [0.1, 0.15) is 0 Å². The highest BCUT2D eigenvalue weighted by atomic mass is 15.3. The van der Waals surface area contributed by atoms with Crippen LogP contribution >= 0.6 is 0 Å². The van der Waals surface area contributed by atoms with Crippen LogP contribution in [-0.2, 0) is 13.1 Å². The van der Waals surface area contributed by atoms with Crippen molar-refractivity contribution in [2.75, 3.05) is 26.2 Å². The molecule has 102 valence electrons. The number of hydrogen-bond donors (Lipinski definition) is 1. The molecule has 0 spiro atoms. The molecule has 4 heteroatoms. The van der Waals surface area contributed by atoms with Crippen LogP contribution in [-0.4, -0.2) is 40.9 Å². The predicted octanol–water partition coefficient (Wildman–Crippen LogP) is 1.72. The summed E-state index contributed by atoms with van der Waals surface area (Å²) < 4.78 is 1.98. The van der Waals surface area contributed by atoms with Gasteiger partial charge in [-0.3, -0.25) is 4.68 Å². The van der Waals surface area contributed by atoms with Crippen molar-refractivity contribution in [3.63, 3.8) is 0 Å².